The minimum atomic E-state index is 0.0370. The van der Waals surface area contributed by atoms with Crippen LogP contribution in [0.4, 0.5) is 0 Å². The summed E-state index contributed by atoms with van der Waals surface area (Å²) in [5.74, 6) is 0.807. The first kappa shape index (κ1) is 12.5. The third-order valence-electron chi connectivity index (χ3n) is 3.28. The Hall–Kier alpha value is -0.610. The van der Waals surface area contributed by atoms with Crippen molar-refractivity contribution in [1.82, 2.24) is 4.90 Å². The second-order valence-corrected chi connectivity index (χ2v) is 4.45. The van der Waals surface area contributed by atoms with Crippen LogP contribution >= 0.6 is 0 Å². The van der Waals surface area contributed by atoms with Gasteiger partial charge in [-0.25, -0.2) is 0 Å². The third-order valence-corrected chi connectivity index (χ3v) is 3.28. The summed E-state index contributed by atoms with van der Waals surface area (Å²) in [6.07, 6.45) is 4.16. The highest BCUT2D eigenvalue weighted by atomic mass is 16.3. The Morgan fingerprint density at radius 1 is 1.53 bits per heavy atom. The fourth-order valence-corrected chi connectivity index (χ4v) is 2.30. The van der Waals surface area contributed by atoms with Crippen molar-refractivity contribution in [3.05, 3.63) is 0 Å². The van der Waals surface area contributed by atoms with Crippen LogP contribution in [0.15, 0.2) is 0 Å². The lowest BCUT2D eigenvalue weighted by Crippen LogP contribution is -2.38. The van der Waals surface area contributed by atoms with Crippen LogP contribution in [0.1, 0.15) is 25.7 Å². The maximum Gasteiger partial charge on any atom is 0.225 e. The van der Waals surface area contributed by atoms with Gasteiger partial charge in [0.2, 0.25) is 5.91 Å². The van der Waals surface area contributed by atoms with Crippen LogP contribution in [0, 0.1) is 11.8 Å². The van der Waals surface area contributed by atoms with Crippen molar-refractivity contribution in [3.63, 3.8) is 0 Å². The topological polar surface area (TPSA) is 66.6 Å². The van der Waals surface area contributed by atoms with Gasteiger partial charge >= 0.3 is 0 Å². The van der Waals surface area contributed by atoms with Crippen LogP contribution < -0.4 is 5.73 Å². The Morgan fingerprint density at radius 2 is 2.27 bits per heavy atom. The molecule has 0 saturated heterocycles. The molecule has 0 aromatic heterocycles. The number of aliphatic hydroxyl groups excluding tert-OH is 1. The van der Waals surface area contributed by atoms with Crippen molar-refractivity contribution in [2.45, 2.75) is 25.7 Å². The summed E-state index contributed by atoms with van der Waals surface area (Å²) in [5.41, 5.74) is 5.64. The molecular weight excluding hydrogens is 192 g/mol. The van der Waals surface area contributed by atoms with Gasteiger partial charge in [-0.05, 0) is 31.7 Å². The smallest absolute Gasteiger partial charge is 0.225 e. The lowest BCUT2D eigenvalue weighted by molar-refractivity contribution is -0.136. The molecule has 0 aromatic rings. The van der Waals surface area contributed by atoms with E-state index in [4.69, 9.17) is 10.8 Å². The number of nitrogens with two attached hydrogens (primary N) is 1. The lowest BCUT2D eigenvalue weighted by atomic mass is 9.81. The number of nitrogens with zero attached hydrogens (tertiary/aromatic N) is 1. The summed E-state index contributed by atoms with van der Waals surface area (Å²) in [6, 6.07) is 0. The number of carbonyl (C=O) groups excluding carboxylic acids is 1. The lowest BCUT2D eigenvalue weighted by Gasteiger charge is -2.30. The molecule has 3 N–H and O–H groups in total. The second kappa shape index (κ2) is 6.08. The molecule has 0 aromatic carbocycles. The molecular formula is C11H22N2O2. The zero-order valence-electron chi connectivity index (χ0n) is 9.48. The fourth-order valence-electron chi connectivity index (χ4n) is 2.30. The van der Waals surface area contributed by atoms with Gasteiger partial charge < -0.3 is 15.7 Å². The van der Waals surface area contributed by atoms with E-state index < -0.39 is 0 Å². The molecule has 0 heterocycles. The minimum absolute atomic E-state index is 0.0370. The van der Waals surface area contributed by atoms with E-state index in [-0.39, 0.29) is 18.4 Å². The average Bonchev–Trinajstić information content (AvgIpc) is 2.28. The van der Waals surface area contributed by atoms with E-state index in [0.29, 0.717) is 19.0 Å². The molecule has 4 heteroatoms. The molecule has 2 atom stereocenters. The third kappa shape index (κ3) is 3.47. The quantitative estimate of drug-likeness (QED) is 0.702. The Morgan fingerprint density at radius 3 is 2.87 bits per heavy atom. The van der Waals surface area contributed by atoms with Gasteiger partial charge in [0.25, 0.3) is 0 Å². The molecule has 2 unspecified atom stereocenters. The van der Waals surface area contributed by atoms with E-state index in [1.807, 2.05) is 0 Å². The largest absolute Gasteiger partial charge is 0.395 e. The molecule has 1 aliphatic rings. The van der Waals surface area contributed by atoms with Crippen molar-refractivity contribution < 1.29 is 9.90 Å². The monoisotopic (exact) mass is 214 g/mol. The van der Waals surface area contributed by atoms with Gasteiger partial charge in [-0.1, -0.05) is 6.42 Å². The molecule has 15 heavy (non-hydrogen) atoms. The SMILES string of the molecule is CN(CCO)C(=O)C1CCCC(CN)C1. The van der Waals surface area contributed by atoms with Crippen LogP contribution in [0.25, 0.3) is 0 Å². The van der Waals surface area contributed by atoms with E-state index in [0.717, 1.165) is 25.7 Å². The fraction of sp³-hybridized carbons (Fsp3) is 0.909. The molecule has 0 aliphatic heterocycles. The average molecular weight is 214 g/mol. The minimum Gasteiger partial charge on any atom is -0.395 e. The highest BCUT2D eigenvalue weighted by Gasteiger charge is 2.28. The van der Waals surface area contributed by atoms with Crippen LogP contribution in [0.3, 0.4) is 0 Å². The summed E-state index contributed by atoms with van der Waals surface area (Å²) in [7, 11) is 1.75. The molecule has 1 saturated carbocycles. The van der Waals surface area contributed by atoms with Gasteiger partial charge in [-0.15, -0.1) is 0 Å². The van der Waals surface area contributed by atoms with Crippen molar-refractivity contribution in [2.24, 2.45) is 17.6 Å². The van der Waals surface area contributed by atoms with Gasteiger partial charge in [0, 0.05) is 19.5 Å². The first-order valence-electron chi connectivity index (χ1n) is 5.75. The molecule has 88 valence electrons. The van der Waals surface area contributed by atoms with Gasteiger partial charge in [0.05, 0.1) is 6.61 Å². The van der Waals surface area contributed by atoms with Crippen LogP contribution in [0.5, 0.6) is 0 Å². The van der Waals surface area contributed by atoms with E-state index in [9.17, 15) is 4.79 Å². The highest BCUT2D eigenvalue weighted by Crippen LogP contribution is 2.29. The van der Waals surface area contributed by atoms with Crippen LogP contribution in [0.2, 0.25) is 0 Å². The number of amides is 1. The highest BCUT2D eigenvalue weighted by molar-refractivity contribution is 5.78. The van der Waals surface area contributed by atoms with Crippen molar-refractivity contribution in [2.75, 3.05) is 26.7 Å². The molecule has 1 fully saturated rings. The van der Waals surface area contributed by atoms with E-state index in [1.165, 1.54) is 0 Å². The first-order chi connectivity index (χ1) is 7.19. The summed E-state index contributed by atoms with van der Waals surface area (Å²) >= 11 is 0. The number of hydrogen-bond donors (Lipinski definition) is 2. The second-order valence-electron chi connectivity index (χ2n) is 4.45. The summed E-state index contributed by atoms with van der Waals surface area (Å²) in [6.45, 7) is 1.16. The summed E-state index contributed by atoms with van der Waals surface area (Å²) in [4.78, 5) is 13.6. The first-order valence-corrected chi connectivity index (χ1v) is 5.75. The number of hydrogen-bond acceptors (Lipinski definition) is 3. The molecule has 1 aliphatic carbocycles. The summed E-state index contributed by atoms with van der Waals surface area (Å²) < 4.78 is 0. The molecule has 0 radical (unpaired) electrons. The number of likely N-dealkylation sites (N-methyl/N-ethyl adjacent to an activating group) is 1. The molecule has 1 amide bonds. The normalized spacial score (nSPS) is 26.3. The van der Waals surface area contributed by atoms with Crippen molar-refractivity contribution in [1.29, 1.82) is 0 Å². The van der Waals surface area contributed by atoms with Crippen molar-refractivity contribution in [3.8, 4) is 0 Å². The van der Waals surface area contributed by atoms with Crippen molar-refractivity contribution >= 4 is 5.91 Å². The predicted octanol–water partition coefficient (Wildman–Crippen LogP) is 0.202. The van der Waals surface area contributed by atoms with Crippen LogP contribution in [-0.2, 0) is 4.79 Å². The van der Waals surface area contributed by atoms with Gasteiger partial charge in [0.1, 0.15) is 0 Å². The Bertz CT molecular complexity index is 209. The Labute approximate surface area is 91.4 Å². The van der Waals surface area contributed by atoms with E-state index in [2.05, 4.69) is 0 Å². The van der Waals surface area contributed by atoms with E-state index >= 15 is 0 Å². The Kier molecular flexibility index (Phi) is 5.05. The number of rotatable bonds is 4. The predicted molar refractivity (Wildman–Crippen MR) is 59.2 cm³/mol. The molecule has 4 nitrogen and oxygen atoms in total. The molecule has 0 spiro atoms. The van der Waals surface area contributed by atoms with Gasteiger partial charge in [-0.3, -0.25) is 4.79 Å². The molecule has 0 bridgehead atoms. The zero-order valence-corrected chi connectivity index (χ0v) is 9.48. The van der Waals surface area contributed by atoms with Crippen LogP contribution in [-0.4, -0.2) is 42.7 Å². The number of carbonyl (C=O) groups is 1. The Balaban J connectivity index is 2.44. The maximum absolute atomic E-state index is 11.9. The van der Waals surface area contributed by atoms with Gasteiger partial charge in [-0.2, -0.15) is 0 Å². The standard InChI is InChI=1S/C11H22N2O2/c1-13(5-6-14)11(15)10-4-2-3-9(7-10)8-12/h9-10,14H,2-8,12H2,1H3. The van der Waals surface area contributed by atoms with Gasteiger partial charge in [0.15, 0.2) is 0 Å². The maximum atomic E-state index is 11.9. The van der Waals surface area contributed by atoms with E-state index in [1.54, 1.807) is 11.9 Å². The zero-order chi connectivity index (χ0) is 11.3. The number of aliphatic hydroxyl groups is 1. The summed E-state index contributed by atoms with van der Waals surface area (Å²) in [5, 5.41) is 8.77. The molecule has 1 rings (SSSR count).